The molecular weight excluding hydrogens is 259 g/mol. The van der Waals surface area contributed by atoms with E-state index in [1.807, 2.05) is 20.8 Å². The van der Waals surface area contributed by atoms with Gasteiger partial charge in [0.2, 0.25) is 0 Å². The SMILES string of the molecule is CC.CC(C)Cc1ccccc1.CCc1ccc(F)cc1. The predicted octanol–water partition coefficient (Wildman–Crippen LogP) is 6.30. The summed E-state index contributed by atoms with van der Waals surface area (Å²) in [6.07, 6.45) is 2.17. The van der Waals surface area contributed by atoms with Crippen LogP contribution in [0.15, 0.2) is 54.6 Å². The van der Waals surface area contributed by atoms with Gasteiger partial charge in [-0.05, 0) is 42.0 Å². The van der Waals surface area contributed by atoms with Crippen molar-refractivity contribution in [3.63, 3.8) is 0 Å². The third kappa shape index (κ3) is 9.84. The Morgan fingerprint density at radius 1 is 0.810 bits per heavy atom. The van der Waals surface area contributed by atoms with Crippen molar-refractivity contribution in [3.05, 3.63) is 71.5 Å². The maximum atomic E-state index is 12.2. The van der Waals surface area contributed by atoms with Crippen LogP contribution in [0.2, 0.25) is 0 Å². The van der Waals surface area contributed by atoms with Crippen LogP contribution < -0.4 is 0 Å². The molecule has 0 aromatic heterocycles. The van der Waals surface area contributed by atoms with Crippen molar-refractivity contribution in [2.24, 2.45) is 5.92 Å². The van der Waals surface area contributed by atoms with Crippen molar-refractivity contribution in [1.82, 2.24) is 0 Å². The number of halogens is 1. The summed E-state index contributed by atoms with van der Waals surface area (Å²) in [5, 5.41) is 0. The first-order valence-corrected chi connectivity index (χ1v) is 7.90. The van der Waals surface area contributed by atoms with Gasteiger partial charge in [0.1, 0.15) is 5.82 Å². The van der Waals surface area contributed by atoms with Crippen LogP contribution in [0.3, 0.4) is 0 Å². The first kappa shape index (κ1) is 19.4. The highest BCUT2D eigenvalue weighted by Gasteiger charge is 1.94. The average Bonchev–Trinajstić information content (AvgIpc) is 2.51. The molecule has 0 unspecified atom stereocenters. The van der Waals surface area contributed by atoms with E-state index in [4.69, 9.17) is 0 Å². The molecule has 0 spiro atoms. The maximum absolute atomic E-state index is 12.2. The molecule has 2 aromatic rings. The van der Waals surface area contributed by atoms with Gasteiger partial charge in [-0.25, -0.2) is 4.39 Å². The Balaban J connectivity index is 0.000000342. The van der Waals surface area contributed by atoms with Crippen molar-refractivity contribution >= 4 is 0 Å². The molecule has 0 amide bonds. The molecular formula is C20H29F. The molecule has 2 aromatic carbocycles. The third-order valence-corrected chi connectivity index (χ3v) is 2.81. The number of hydrogen-bond donors (Lipinski definition) is 0. The lowest BCUT2D eigenvalue weighted by molar-refractivity contribution is 0.627. The van der Waals surface area contributed by atoms with Crippen molar-refractivity contribution in [2.45, 2.75) is 47.5 Å². The molecule has 0 fully saturated rings. The molecule has 0 bridgehead atoms. The largest absolute Gasteiger partial charge is 0.207 e. The molecule has 0 radical (unpaired) electrons. The van der Waals surface area contributed by atoms with Gasteiger partial charge in [0.25, 0.3) is 0 Å². The van der Waals surface area contributed by atoms with Crippen LogP contribution in [0.1, 0.15) is 45.7 Å². The van der Waals surface area contributed by atoms with Crippen LogP contribution in [-0.2, 0) is 12.8 Å². The molecule has 116 valence electrons. The highest BCUT2D eigenvalue weighted by Crippen LogP contribution is 2.06. The first-order valence-electron chi connectivity index (χ1n) is 7.90. The summed E-state index contributed by atoms with van der Waals surface area (Å²) in [7, 11) is 0. The van der Waals surface area contributed by atoms with Gasteiger partial charge < -0.3 is 0 Å². The molecule has 0 aliphatic carbocycles. The summed E-state index contributed by atoms with van der Waals surface area (Å²) >= 11 is 0. The summed E-state index contributed by atoms with van der Waals surface area (Å²) in [4.78, 5) is 0. The smallest absolute Gasteiger partial charge is 0.123 e. The fourth-order valence-electron chi connectivity index (χ4n) is 1.81. The monoisotopic (exact) mass is 288 g/mol. The quantitative estimate of drug-likeness (QED) is 0.621. The minimum atomic E-state index is -0.160. The van der Waals surface area contributed by atoms with Crippen molar-refractivity contribution in [2.75, 3.05) is 0 Å². The van der Waals surface area contributed by atoms with E-state index in [1.165, 1.54) is 29.7 Å². The van der Waals surface area contributed by atoms with Gasteiger partial charge in [-0.1, -0.05) is 77.1 Å². The summed E-state index contributed by atoms with van der Waals surface area (Å²) < 4.78 is 12.2. The lowest BCUT2D eigenvalue weighted by Crippen LogP contribution is -1.92. The summed E-state index contributed by atoms with van der Waals surface area (Å²) in [5.74, 6) is 0.606. The van der Waals surface area contributed by atoms with E-state index >= 15 is 0 Å². The zero-order valence-electron chi connectivity index (χ0n) is 14.1. The second kappa shape index (κ2) is 12.1. The number of hydrogen-bond acceptors (Lipinski definition) is 0. The van der Waals surface area contributed by atoms with Crippen LogP contribution in [0.25, 0.3) is 0 Å². The molecule has 0 saturated carbocycles. The van der Waals surface area contributed by atoms with E-state index in [9.17, 15) is 4.39 Å². The van der Waals surface area contributed by atoms with Crippen LogP contribution in [0.5, 0.6) is 0 Å². The average molecular weight is 288 g/mol. The topological polar surface area (TPSA) is 0 Å². The highest BCUT2D eigenvalue weighted by atomic mass is 19.1. The Morgan fingerprint density at radius 3 is 1.76 bits per heavy atom. The molecule has 0 aliphatic rings. The summed E-state index contributed by atoms with van der Waals surface area (Å²) in [6, 6.07) is 17.2. The molecule has 2 rings (SSSR count). The fraction of sp³-hybridized carbons (Fsp3) is 0.400. The van der Waals surface area contributed by atoms with Gasteiger partial charge in [0.15, 0.2) is 0 Å². The Bertz CT molecular complexity index is 443. The van der Waals surface area contributed by atoms with E-state index in [2.05, 4.69) is 44.2 Å². The molecule has 0 heterocycles. The Kier molecular flexibility index (Phi) is 11.2. The van der Waals surface area contributed by atoms with Gasteiger partial charge in [0, 0.05) is 0 Å². The number of aryl methyl sites for hydroxylation is 1. The second-order valence-electron chi connectivity index (χ2n) is 5.06. The normalized spacial score (nSPS) is 9.29. The minimum Gasteiger partial charge on any atom is -0.207 e. The Morgan fingerprint density at radius 2 is 1.33 bits per heavy atom. The zero-order valence-corrected chi connectivity index (χ0v) is 14.1. The molecule has 0 N–H and O–H groups in total. The van der Waals surface area contributed by atoms with Crippen LogP contribution in [-0.4, -0.2) is 0 Å². The Labute approximate surface area is 130 Å². The lowest BCUT2D eigenvalue weighted by atomic mass is 10.0. The summed E-state index contributed by atoms with van der Waals surface area (Å²) in [6.45, 7) is 10.5. The maximum Gasteiger partial charge on any atom is 0.123 e. The van der Waals surface area contributed by atoms with Crippen LogP contribution in [0.4, 0.5) is 4.39 Å². The molecule has 0 aliphatic heterocycles. The van der Waals surface area contributed by atoms with Gasteiger partial charge in [-0.15, -0.1) is 0 Å². The molecule has 1 heteroatoms. The van der Waals surface area contributed by atoms with Crippen molar-refractivity contribution in [1.29, 1.82) is 0 Å². The molecule has 0 saturated heterocycles. The standard InChI is InChI=1S/C10H14.C8H9F.C2H6/c1-9(2)8-10-6-4-3-5-7-10;1-2-7-3-5-8(9)6-4-7;1-2/h3-7,9H,8H2,1-2H3;3-6H,2H2,1H3;1-2H3. The van der Waals surface area contributed by atoms with Crippen LogP contribution in [0, 0.1) is 11.7 Å². The van der Waals surface area contributed by atoms with Crippen LogP contribution >= 0.6 is 0 Å². The number of benzene rings is 2. The molecule has 0 atom stereocenters. The zero-order chi connectivity index (χ0) is 16.1. The van der Waals surface area contributed by atoms with Gasteiger partial charge >= 0.3 is 0 Å². The predicted molar refractivity (Wildman–Crippen MR) is 92.1 cm³/mol. The van der Waals surface area contributed by atoms with Gasteiger partial charge in [0.05, 0.1) is 0 Å². The van der Waals surface area contributed by atoms with Gasteiger partial charge in [-0.2, -0.15) is 0 Å². The van der Waals surface area contributed by atoms with Crippen molar-refractivity contribution < 1.29 is 4.39 Å². The van der Waals surface area contributed by atoms with E-state index in [-0.39, 0.29) is 5.82 Å². The molecule has 0 nitrogen and oxygen atoms in total. The molecule has 21 heavy (non-hydrogen) atoms. The van der Waals surface area contributed by atoms with E-state index in [0.717, 1.165) is 12.3 Å². The number of rotatable bonds is 3. The van der Waals surface area contributed by atoms with E-state index in [0.29, 0.717) is 0 Å². The van der Waals surface area contributed by atoms with Gasteiger partial charge in [-0.3, -0.25) is 0 Å². The highest BCUT2D eigenvalue weighted by molar-refractivity contribution is 5.15. The third-order valence-electron chi connectivity index (χ3n) is 2.81. The van der Waals surface area contributed by atoms with E-state index < -0.39 is 0 Å². The first-order chi connectivity index (χ1) is 10.1. The Hall–Kier alpha value is -1.63. The van der Waals surface area contributed by atoms with E-state index in [1.54, 1.807) is 12.1 Å². The lowest BCUT2D eigenvalue weighted by Gasteiger charge is -2.02. The fourth-order valence-corrected chi connectivity index (χ4v) is 1.81. The van der Waals surface area contributed by atoms with Crippen molar-refractivity contribution in [3.8, 4) is 0 Å². The minimum absolute atomic E-state index is 0.160. The summed E-state index contributed by atoms with van der Waals surface area (Å²) in [5.41, 5.74) is 2.62. The second-order valence-corrected chi connectivity index (χ2v) is 5.06.